The second-order valence-electron chi connectivity index (χ2n) is 6.65. The van der Waals surface area contributed by atoms with E-state index in [1.807, 2.05) is 13.8 Å². The monoisotopic (exact) mass is 336 g/mol. The van der Waals surface area contributed by atoms with Crippen molar-refractivity contribution in [2.45, 2.75) is 44.4 Å². The van der Waals surface area contributed by atoms with Gasteiger partial charge < -0.3 is 4.90 Å². The Hall–Kier alpha value is -1.40. The minimum absolute atomic E-state index is 0.0577. The molecule has 1 aromatic rings. The lowest BCUT2D eigenvalue weighted by molar-refractivity contribution is -0.121. The van der Waals surface area contributed by atoms with Crippen LogP contribution in [0.25, 0.3) is 0 Å². The van der Waals surface area contributed by atoms with E-state index < -0.39 is 10.0 Å². The van der Waals surface area contributed by atoms with Crippen molar-refractivity contribution in [1.82, 2.24) is 4.31 Å². The molecule has 0 radical (unpaired) electrons. The Kier molecular flexibility index (Phi) is 4.47. The summed E-state index contributed by atoms with van der Waals surface area (Å²) in [5.74, 6) is 0.0353. The summed E-state index contributed by atoms with van der Waals surface area (Å²) in [6, 6.07) is 5.20. The number of nitrogens with zero attached hydrogens (tertiary/aromatic N) is 2. The standard InChI is InChI=1S/C17H24N2O3S/c1-13(2)17(20)19-11-8-14-12-15(6-7-16(14)19)23(21,22)18-9-4-3-5-10-18/h6-7,12-13H,3-5,8-11H2,1-2H3. The highest BCUT2D eigenvalue weighted by atomic mass is 32.2. The molecule has 2 aliphatic rings. The van der Waals surface area contributed by atoms with Crippen molar-refractivity contribution >= 4 is 21.6 Å². The maximum atomic E-state index is 12.8. The third-order valence-electron chi connectivity index (χ3n) is 4.66. The summed E-state index contributed by atoms with van der Waals surface area (Å²) in [6.45, 7) is 5.62. The van der Waals surface area contributed by atoms with E-state index in [4.69, 9.17) is 0 Å². The Morgan fingerprint density at radius 3 is 2.43 bits per heavy atom. The first-order chi connectivity index (χ1) is 10.9. The average molecular weight is 336 g/mol. The van der Waals surface area contributed by atoms with Crippen molar-refractivity contribution in [3.05, 3.63) is 23.8 Å². The van der Waals surface area contributed by atoms with Gasteiger partial charge in [0.25, 0.3) is 0 Å². The number of rotatable bonds is 3. The number of anilines is 1. The Bertz CT molecular complexity index is 707. The van der Waals surface area contributed by atoms with Crippen LogP contribution in [0.1, 0.15) is 38.7 Å². The number of amides is 1. The van der Waals surface area contributed by atoms with Crippen LogP contribution in [-0.2, 0) is 21.2 Å². The molecule has 6 heteroatoms. The molecule has 1 saturated heterocycles. The van der Waals surface area contributed by atoms with Gasteiger partial charge in [0, 0.05) is 31.2 Å². The van der Waals surface area contributed by atoms with Gasteiger partial charge in [0.2, 0.25) is 15.9 Å². The highest BCUT2D eigenvalue weighted by Crippen LogP contribution is 2.32. The molecule has 3 rings (SSSR count). The Morgan fingerprint density at radius 1 is 1.09 bits per heavy atom. The van der Waals surface area contributed by atoms with Gasteiger partial charge in [0.1, 0.15) is 0 Å². The smallest absolute Gasteiger partial charge is 0.243 e. The minimum Gasteiger partial charge on any atom is -0.312 e. The Balaban J connectivity index is 1.89. The molecule has 0 N–H and O–H groups in total. The summed E-state index contributed by atoms with van der Waals surface area (Å²) >= 11 is 0. The Labute approximate surface area is 138 Å². The van der Waals surface area contributed by atoms with Crippen LogP contribution in [0.4, 0.5) is 5.69 Å². The molecule has 0 unspecified atom stereocenters. The number of piperidine rings is 1. The van der Waals surface area contributed by atoms with Crippen molar-refractivity contribution in [3.63, 3.8) is 0 Å². The fraction of sp³-hybridized carbons (Fsp3) is 0.588. The molecule has 0 spiro atoms. The molecule has 0 aliphatic carbocycles. The highest BCUT2D eigenvalue weighted by molar-refractivity contribution is 7.89. The minimum atomic E-state index is -3.41. The zero-order chi connectivity index (χ0) is 16.6. The van der Waals surface area contributed by atoms with E-state index in [0.717, 1.165) is 36.9 Å². The molecule has 1 aromatic carbocycles. The van der Waals surface area contributed by atoms with Crippen LogP contribution >= 0.6 is 0 Å². The molecule has 5 nitrogen and oxygen atoms in total. The van der Waals surface area contributed by atoms with Crippen LogP contribution in [0, 0.1) is 5.92 Å². The van der Waals surface area contributed by atoms with E-state index in [9.17, 15) is 13.2 Å². The molecule has 1 amide bonds. The fourth-order valence-corrected chi connectivity index (χ4v) is 4.90. The predicted octanol–water partition coefficient (Wildman–Crippen LogP) is 2.41. The van der Waals surface area contributed by atoms with Gasteiger partial charge >= 0.3 is 0 Å². The average Bonchev–Trinajstić information content (AvgIpc) is 2.97. The number of carbonyl (C=O) groups is 1. The largest absolute Gasteiger partial charge is 0.312 e. The van der Waals surface area contributed by atoms with Crippen LogP contribution in [0.15, 0.2) is 23.1 Å². The van der Waals surface area contributed by atoms with Crippen molar-refractivity contribution < 1.29 is 13.2 Å². The number of carbonyl (C=O) groups excluding carboxylic acids is 1. The van der Waals surface area contributed by atoms with Gasteiger partial charge in [-0.1, -0.05) is 20.3 Å². The lowest BCUT2D eigenvalue weighted by Crippen LogP contribution is -2.35. The van der Waals surface area contributed by atoms with Gasteiger partial charge in [-0.05, 0) is 43.0 Å². The maximum Gasteiger partial charge on any atom is 0.243 e. The van der Waals surface area contributed by atoms with E-state index in [1.54, 1.807) is 27.4 Å². The maximum absolute atomic E-state index is 12.8. The molecule has 0 aromatic heterocycles. The van der Waals surface area contributed by atoms with Crippen molar-refractivity contribution in [2.24, 2.45) is 5.92 Å². The molecule has 23 heavy (non-hydrogen) atoms. The lowest BCUT2D eigenvalue weighted by Gasteiger charge is -2.26. The van der Waals surface area contributed by atoms with E-state index in [0.29, 0.717) is 24.5 Å². The molecule has 2 aliphatic heterocycles. The van der Waals surface area contributed by atoms with Crippen LogP contribution in [0.3, 0.4) is 0 Å². The molecule has 1 fully saturated rings. The highest BCUT2D eigenvalue weighted by Gasteiger charge is 2.30. The second kappa shape index (κ2) is 6.24. The van der Waals surface area contributed by atoms with Gasteiger partial charge in [-0.15, -0.1) is 0 Å². The third kappa shape index (κ3) is 3.02. The molecular weight excluding hydrogens is 312 g/mol. The SMILES string of the molecule is CC(C)C(=O)N1CCc2cc(S(=O)(=O)N3CCCCC3)ccc21. The third-order valence-corrected chi connectivity index (χ3v) is 6.55. The summed E-state index contributed by atoms with van der Waals surface area (Å²) in [7, 11) is -3.41. The first kappa shape index (κ1) is 16.5. The zero-order valence-corrected chi connectivity index (χ0v) is 14.6. The summed E-state index contributed by atoms with van der Waals surface area (Å²) in [6.07, 6.45) is 3.68. The van der Waals surface area contributed by atoms with Gasteiger partial charge in [-0.3, -0.25) is 4.79 Å². The van der Waals surface area contributed by atoms with Crippen LogP contribution in [-0.4, -0.2) is 38.3 Å². The summed E-state index contributed by atoms with van der Waals surface area (Å²) in [5.41, 5.74) is 1.82. The zero-order valence-electron chi connectivity index (χ0n) is 13.8. The normalized spacial score (nSPS) is 19.2. The number of hydrogen-bond acceptors (Lipinski definition) is 3. The van der Waals surface area contributed by atoms with Crippen molar-refractivity contribution in [2.75, 3.05) is 24.5 Å². The van der Waals surface area contributed by atoms with Crippen LogP contribution in [0.2, 0.25) is 0 Å². The Morgan fingerprint density at radius 2 is 1.78 bits per heavy atom. The van der Waals surface area contributed by atoms with E-state index in [1.165, 1.54) is 0 Å². The quantitative estimate of drug-likeness (QED) is 0.852. The number of fused-ring (bicyclic) bond motifs is 1. The van der Waals surface area contributed by atoms with Crippen molar-refractivity contribution in [1.29, 1.82) is 0 Å². The van der Waals surface area contributed by atoms with Crippen LogP contribution in [0.5, 0.6) is 0 Å². The molecule has 126 valence electrons. The molecule has 0 atom stereocenters. The molecule has 0 bridgehead atoms. The van der Waals surface area contributed by atoms with Gasteiger partial charge in [0.05, 0.1) is 4.90 Å². The van der Waals surface area contributed by atoms with E-state index >= 15 is 0 Å². The van der Waals surface area contributed by atoms with Crippen LogP contribution < -0.4 is 4.90 Å². The van der Waals surface area contributed by atoms with E-state index in [-0.39, 0.29) is 11.8 Å². The molecule has 0 saturated carbocycles. The summed E-state index contributed by atoms with van der Waals surface area (Å²) in [4.78, 5) is 14.4. The number of hydrogen-bond donors (Lipinski definition) is 0. The molecule has 2 heterocycles. The fourth-order valence-electron chi connectivity index (χ4n) is 3.33. The second-order valence-corrected chi connectivity index (χ2v) is 8.59. The first-order valence-electron chi connectivity index (χ1n) is 8.36. The lowest BCUT2D eigenvalue weighted by atomic mass is 10.1. The van der Waals surface area contributed by atoms with Gasteiger partial charge in [0.15, 0.2) is 0 Å². The predicted molar refractivity (Wildman–Crippen MR) is 89.9 cm³/mol. The molecular formula is C17H24N2O3S. The van der Waals surface area contributed by atoms with Gasteiger partial charge in [-0.2, -0.15) is 4.31 Å². The number of benzene rings is 1. The topological polar surface area (TPSA) is 57.7 Å². The van der Waals surface area contributed by atoms with Crippen molar-refractivity contribution in [3.8, 4) is 0 Å². The first-order valence-corrected chi connectivity index (χ1v) is 9.80. The number of sulfonamides is 1. The summed E-state index contributed by atoms with van der Waals surface area (Å²) < 4.78 is 27.1. The van der Waals surface area contributed by atoms with E-state index in [2.05, 4.69) is 0 Å². The summed E-state index contributed by atoms with van der Waals surface area (Å²) in [5, 5.41) is 0. The van der Waals surface area contributed by atoms with Gasteiger partial charge in [-0.25, -0.2) is 8.42 Å².